The Labute approximate surface area is 135 Å². The third kappa shape index (κ3) is 3.34. The molecule has 1 saturated carbocycles. The van der Waals surface area contributed by atoms with Gasteiger partial charge in [-0.25, -0.2) is 4.39 Å². The maximum Gasteiger partial charge on any atom is 0.253 e. The molecule has 0 saturated heterocycles. The maximum atomic E-state index is 13.3. The summed E-state index contributed by atoms with van der Waals surface area (Å²) in [5, 5.41) is 3.89. The van der Waals surface area contributed by atoms with Gasteiger partial charge in [-0.05, 0) is 50.4 Å². The van der Waals surface area contributed by atoms with Gasteiger partial charge in [0.05, 0.1) is 16.8 Å². The van der Waals surface area contributed by atoms with Crippen molar-refractivity contribution in [1.82, 2.24) is 10.3 Å². The summed E-state index contributed by atoms with van der Waals surface area (Å²) in [6.07, 6.45) is 4.33. The molecule has 1 amide bonds. The molecule has 1 fully saturated rings. The van der Waals surface area contributed by atoms with E-state index < -0.39 is 0 Å². The number of hydrogen-bond acceptors (Lipinski definition) is 3. The van der Waals surface area contributed by atoms with Crippen molar-refractivity contribution < 1.29 is 9.18 Å². The normalized spacial score (nSPS) is 21.3. The zero-order valence-electron chi connectivity index (χ0n) is 13.3. The Balaban J connectivity index is 1.85. The number of fused-ring (bicyclic) bond motifs is 1. The fourth-order valence-corrected chi connectivity index (χ4v) is 3.39. The molecule has 1 aliphatic rings. The molecule has 1 aliphatic carbocycles. The number of halogens is 1. The van der Waals surface area contributed by atoms with Crippen LogP contribution in [0.1, 0.15) is 41.7 Å². The Morgan fingerprint density at radius 3 is 2.91 bits per heavy atom. The third-order valence-corrected chi connectivity index (χ3v) is 4.74. The molecule has 0 aliphatic heterocycles. The number of rotatable bonds is 3. The molecule has 0 radical (unpaired) electrons. The van der Waals surface area contributed by atoms with Crippen molar-refractivity contribution in [3.05, 3.63) is 41.3 Å². The van der Waals surface area contributed by atoms with Crippen molar-refractivity contribution in [1.29, 1.82) is 0 Å². The van der Waals surface area contributed by atoms with E-state index in [9.17, 15) is 9.18 Å². The van der Waals surface area contributed by atoms with E-state index in [2.05, 4.69) is 10.3 Å². The molecular formula is C18H22FN3O. The van der Waals surface area contributed by atoms with E-state index in [0.717, 1.165) is 24.6 Å². The standard InChI is InChI=1S/C18H22FN3O/c1-11-15(8-12-6-7-14(19)9-17(12)21-11)18(23)22-16-5-3-2-4-13(16)10-20/h6-9,13,16H,2-5,10,20H2,1H3,(H,22,23). The monoisotopic (exact) mass is 315 g/mol. The summed E-state index contributed by atoms with van der Waals surface area (Å²) in [5.74, 6) is -0.100. The molecule has 23 heavy (non-hydrogen) atoms. The number of amides is 1. The SMILES string of the molecule is Cc1nc2cc(F)ccc2cc1C(=O)NC1CCCCC1CN. The quantitative estimate of drug-likeness (QED) is 0.915. The Morgan fingerprint density at radius 1 is 1.35 bits per heavy atom. The van der Waals surface area contributed by atoms with Crippen LogP contribution in [0, 0.1) is 18.7 Å². The van der Waals surface area contributed by atoms with Gasteiger partial charge in [0, 0.05) is 17.5 Å². The maximum absolute atomic E-state index is 13.3. The lowest BCUT2D eigenvalue weighted by molar-refractivity contribution is 0.0907. The van der Waals surface area contributed by atoms with Crippen LogP contribution in [0.4, 0.5) is 4.39 Å². The van der Waals surface area contributed by atoms with Crippen LogP contribution in [0.15, 0.2) is 24.3 Å². The van der Waals surface area contributed by atoms with Gasteiger partial charge in [-0.15, -0.1) is 0 Å². The second kappa shape index (κ2) is 6.62. The highest BCUT2D eigenvalue weighted by molar-refractivity contribution is 5.98. The van der Waals surface area contributed by atoms with Gasteiger partial charge in [0.1, 0.15) is 5.82 Å². The summed E-state index contributed by atoms with van der Waals surface area (Å²) >= 11 is 0. The van der Waals surface area contributed by atoms with Crippen molar-refractivity contribution >= 4 is 16.8 Å². The molecule has 122 valence electrons. The van der Waals surface area contributed by atoms with Crippen molar-refractivity contribution in [2.75, 3.05) is 6.54 Å². The molecule has 5 heteroatoms. The van der Waals surface area contributed by atoms with Gasteiger partial charge in [0.25, 0.3) is 5.91 Å². The Bertz CT molecular complexity index is 732. The number of aryl methyl sites for hydroxylation is 1. The fraction of sp³-hybridized carbons (Fsp3) is 0.444. The average Bonchev–Trinajstić information content (AvgIpc) is 2.54. The van der Waals surface area contributed by atoms with Gasteiger partial charge in [-0.2, -0.15) is 0 Å². The molecule has 2 aromatic rings. The summed E-state index contributed by atoms with van der Waals surface area (Å²) in [6.45, 7) is 2.37. The van der Waals surface area contributed by atoms with E-state index in [-0.39, 0.29) is 17.8 Å². The first-order chi connectivity index (χ1) is 11.1. The summed E-state index contributed by atoms with van der Waals surface area (Å²) in [5.41, 5.74) is 7.55. The average molecular weight is 315 g/mol. The molecule has 2 unspecified atom stereocenters. The minimum Gasteiger partial charge on any atom is -0.349 e. The molecule has 1 aromatic heterocycles. The van der Waals surface area contributed by atoms with Gasteiger partial charge in [0.15, 0.2) is 0 Å². The molecule has 3 rings (SSSR count). The minimum atomic E-state index is -0.324. The third-order valence-electron chi connectivity index (χ3n) is 4.74. The Morgan fingerprint density at radius 2 is 2.13 bits per heavy atom. The highest BCUT2D eigenvalue weighted by Gasteiger charge is 2.26. The predicted molar refractivity (Wildman–Crippen MR) is 88.7 cm³/mol. The summed E-state index contributed by atoms with van der Waals surface area (Å²) in [6, 6.07) is 6.33. The number of aromatic nitrogens is 1. The van der Waals surface area contributed by atoms with E-state index in [1.54, 1.807) is 19.1 Å². The van der Waals surface area contributed by atoms with Gasteiger partial charge in [0.2, 0.25) is 0 Å². The number of nitrogens with one attached hydrogen (secondary N) is 1. The number of nitrogens with zero attached hydrogens (tertiary/aromatic N) is 1. The number of hydrogen-bond donors (Lipinski definition) is 2. The van der Waals surface area contributed by atoms with Crippen LogP contribution < -0.4 is 11.1 Å². The van der Waals surface area contributed by atoms with Crippen molar-refractivity contribution in [3.8, 4) is 0 Å². The van der Waals surface area contributed by atoms with Crippen LogP contribution in [-0.2, 0) is 0 Å². The second-order valence-electron chi connectivity index (χ2n) is 6.32. The van der Waals surface area contributed by atoms with Crippen molar-refractivity contribution in [2.24, 2.45) is 11.7 Å². The molecule has 2 atom stereocenters. The van der Waals surface area contributed by atoms with Crippen LogP contribution >= 0.6 is 0 Å². The molecule has 4 nitrogen and oxygen atoms in total. The van der Waals surface area contributed by atoms with Gasteiger partial charge in [-0.3, -0.25) is 9.78 Å². The molecular weight excluding hydrogens is 293 g/mol. The first-order valence-corrected chi connectivity index (χ1v) is 8.16. The number of carbonyl (C=O) groups is 1. The van der Waals surface area contributed by atoms with Gasteiger partial charge in [-0.1, -0.05) is 12.8 Å². The predicted octanol–water partition coefficient (Wildman–Crippen LogP) is 2.93. The van der Waals surface area contributed by atoms with Crippen molar-refractivity contribution in [3.63, 3.8) is 0 Å². The molecule has 1 heterocycles. The topological polar surface area (TPSA) is 68.0 Å². The molecule has 0 bridgehead atoms. The van der Waals surface area contributed by atoms with Crippen LogP contribution in [0.3, 0.4) is 0 Å². The smallest absolute Gasteiger partial charge is 0.253 e. The van der Waals surface area contributed by atoms with E-state index in [0.29, 0.717) is 29.2 Å². The van der Waals surface area contributed by atoms with Crippen LogP contribution in [0.5, 0.6) is 0 Å². The van der Waals surface area contributed by atoms with E-state index in [1.165, 1.54) is 18.6 Å². The second-order valence-corrected chi connectivity index (χ2v) is 6.32. The summed E-state index contributed by atoms with van der Waals surface area (Å²) in [4.78, 5) is 17.0. The summed E-state index contributed by atoms with van der Waals surface area (Å²) < 4.78 is 13.3. The number of pyridine rings is 1. The number of benzene rings is 1. The van der Waals surface area contributed by atoms with Crippen molar-refractivity contribution in [2.45, 2.75) is 38.6 Å². The van der Waals surface area contributed by atoms with Crippen LogP contribution in [-0.4, -0.2) is 23.5 Å². The zero-order valence-corrected chi connectivity index (χ0v) is 13.3. The highest BCUT2D eigenvalue weighted by Crippen LogP contribution is 2.24. The highest BCUT2D eigenvalue weighted by atomic mass is 19.1. The van der Waals surface area contributed by atoms with E-state index >= 15 is 0 Å². The fourth-order valence-electron chi connectivity index (χ4n) is 3.39. The van der Waals surface area contributed by atoms with E-state index in [4.69, 9.17) is 5.73 Å². The molecule has 0 spiro atoms. The lowest BCUT2D eigenvalue weighted by Crippen LogP contribution is -2.44. The number of nitrogens with two attached hydrogens (primary N) is 1. The Hall–Kier alpha value is -2.01. The minimum absolute atomic E-state index is 0.119. The first kappa shape index (κ1) is 15.9. The molecule has 3 N–H and O–H groups in total. The van der Waals surface area contributed by atoms with Crippen LogP contribution in [0.25, 0.3) is 10.9 Å². The lowest BCUT2D eigenvalue weighted by atomic mass is 9.84. The first-order valence-electron chi connectivity index (χ1n) is 8.16. The Kier molecular flexibility index (Phi) is 4.57. The molecule has 1 aromatic carbocycles. The van der Waals surface area contributed by atoms with Gasteiger partial charge < -0.3 is 11.1 Å². The van der Waals surface area contributed by atoms with Crippen LogP contribution in [0.2, 0.25) is 0 Å². The zero-order chi connectivity index (χ0) is 16.4. The summed E-state index contributed by atoms with van der Waals surface area (Å²) in [7, 11) is 0. The van der Waals surface area contributed by atoms with Gasteiger partial charge >= 0.3 is 0 Å². The largest absolute Gasteiger partial charge is 0.349 e. The lowest BCUT2D eigenvalue weighted by Gasteiger charge is -2.31. The number of carbonyl (C=O) groups excluding carboxylic acids is 1. The van der Waals surface area contributed by atoms with E-state index in [1.807, 2.05) is 0 Å².